The molecule has 1 aliphatic carbocycles. The molecule has 0 unspecified atom stereocenters. The summed E-state index contributed by atoms with van der Waals surface area (Å²) in [6, 6.07) is 1.55. The summed E-state index contributed by atoms with van der Waals surface area (Å²) in [5.74, 6) is -0.138. The highest BCUT2D eigenvalue weighted by atomic mass is 35.5. The summed E-state index contributed by atoms with van der Waals surface area (Å²) in [6.07, 6.45) is 5.82. The number of nitrogens with one attached hydrogen (secondary N) is 1. The maximum atomic E-state index is 12.0. The van der Waals surface area contributed by atoms with Crippen LogP contribution in [0.3, 0.4) is 0 Å². The molecule has 1 aliphatic rings. The summed E-state index contributed by atoms with van der Waals surface area (Å²) in [7, 11) is 0. The predicted molar refractivity (Wildman–Crippen MR) is 68.6 cm³/mol. The number of hydrogen-bond donors (Lipinski definition) is 1. The molecular weight excluding hydrogens is 259 g/mol. The second-order valence-electron chi connectivity index (χ2n) is 4.72. The van der Waals surface area contributed by atoms with Gasteiger partial charge in [0.25, 0.3) is 5.91 Å². The van der Waals surface area contributed by atoms with Crippen molar-refractivity contribution < 1.29 is 4.79 Å². The van der Waals surface area contributed by atoms with Gasteiger partial charge >= 0.3 is 0 Å². The molecule has 1 aromatic rings. The molecule has 1 N–H and O–H groups in total. The van der Waals surface area contributed by atoms with E-state index < -0.39 is 0 Å². The van der Waals surface area contributed by atoms with Gasteiger partial charge in [0.15, 0.2) is 0 Å². The highest BCUT2D eigenvalue weighted by Gasteiger charge is 2.30. The average molecular weight is 273 g/mol. The predicted octanol–water partition coefficient (Wildman–Crippen LogP) is 3.45. The molecular formula is C12H14Cl2N2O. The maximum Gasteiger partial charge on any atom is 0.253 e. The minimum atomic E-state index is -0.138. The third-order valence-electron chi connectivity index (χ3n) is 3.18. The van der Waals surface area contributed by atoms with E-state index in [4.69, 9.17) is 23.2 Å². The van der Waals surface area contributed by atoms with Crippen molar-refractivity contribution in [2.24, 2.45) is 0 Å². The van der Waals surface area contributed by atoms with E-state index >= 15 is 0 Å². The lowest BCUT2D eigenvalue weighted by Gasteiger charge is -2.25. The van der Waals surface area contributed by atoms with E-state index in [1.165, 1.54) is 6.20 Å². The topological polar surface area (TPSA) is 42.0 Å². The van der Waals surface area contributed by atoms with Gasteiger partial charge in [0.2, 0.25) is 0 Å². The molecule has 3 nitrogen and oxygen atoms in total. The van der Waals surface area contributed by atoms with E-state index in [2.05, 4.69) is 17.2 Å². The number of hydrogen-bond acceptors (Lipinski definition) is 2. The first-order valence-electron chi connectivity index (χ1n) is 5.64. The molecule has 17 heavy (non-hydrogen) atoms. The summed E-state index contributed by atoms with van der Waals surface area (Å²) < 4.78 is 0. The number of halogens is 2. The van der Waals surface area contributed by atoms with Crippen molar-refractivity contribution >= 4 is 29.1 Å². The van der Waals surface area contributed by atoms with Crippen molar-refractivity contribution in [1.29, 1.82) is 0 Å². The summed E-state index contributed by atoms with van der Waals surface area (Å²) >= 11 is 11.5. The fraction of sp³-hybridized carbons (Fsp3) is 0.500. The Balaban J connectivity index is 2.11. The Labute approximate surface area is 111 Å². The second kappa shape index (κ2) is 4.83. The number of amides is 1. The van der Waals surface area contributed by atoms with Gasteiger partial charge in [-0.05, 0) is 25.8 Å². The smallest absolute Gasteiger partial charge is 0.253 e. The average Bonchev–Trinajstić information content (AvgIpc) is 2.69. The van der Waals surface area contributed by atoms with Crippen LogP contribution in [0.1, 0.15) is 43.0 Å². The van der Waals surface area contributed by atoms with Gasteiger partial charge in [0, 0.05) is 11.7 Å². The van der Waals surface area contributed by atoms with Crippen LogP contribution in [0.25, 0.3) is 0 Å². The molecule has 0 radical (unpaired) electrons. The zero-order valence-electron chi connectivity index (χ0n) is 9.59. The molecule has 92 valence electrons. The summed E-state index contributed by atoms with van der Waals surface area (Å²) in [6.45, 7) is 2.07. The first-order chi connectivity index (χ1) is 8.00. The Morgan fingerprint density at radius 2 is 2.06 bits per heavy atom. The molecule has 0 aliphatic heterocycles. The highest BCUT2D eigenvalue weighted by Crippen LogP contribution is 2.29. The van der Waals surface area contributed by atoms with Crippen molar-refractivity contribution in [3.05, 3.63) is 28.0 Å². The van der Waals surface area contributed by atoms with E-state index in [0.29, 0.717) is 10.6 Å². The minimum absolute atomic E-state index is 0.0941. The lowest BCUT2D eigenvalue weighted by Crippen LogP contribution is -2.43. The molecule has 0 saturated heterocycles. The monoisotopic (exact) mass is 272 g/mol. The van der Waals surface area contributed by atoms with Crippen LogP contribution in [-0.2, 0) is 0 Å². The van der Waals surface area contributed by atoms with E-state index in [9.17, 15) is 4.79 Å². The van der Waals surface area contributed by atoms with E-state index in [0.717, 1.165) is 25.7 Å². The Bertz CT molecular complexity index is 442. The van der Waals surface area contributed by atoms with Gasteiger partial charge in [0.05, 0.1) is 10.6 Å². The third-order valence-corrected chi connectivity index (χ3v) is 3.87. The second-order valence-corrected chi connectivity index (χ2v) is 5.48. The molecule has 5 heteroatoms. The lowest BCUT2D eigenvalue weighted by atomic mass is 10.0. The quantitative estimate of drug-likeness (QED) is 0.838. The normalized spacial score (nSPS) is 18.1. The first kappa shape index (κ1) is 12.7. The molecule has 0 bridgehead atoms. The Kier molecular flexibility index (Phi) is 3.59. The number of nitrogens with zero attached hydrogens (tertiary/aromatic N) is 1. The summed E-state index contributed by atoms with van der Waals surface area (Å²) in [5, 5.41) is 3.56. The summed E-state index contributed by atoms with van der Waals surface area (Å²) in [4.78, 5) is 15.9. The molecule has 1 fully saturated rings. The van der Waals surface area contributed by atoms with Gasteiger partial charge < -0.3 is 5.32 Å². The fourth-order valence-corrected chi connectivity index (χ4v) is 2.44. The van der Waals surface area contributed by atoms with Gasteiger partial charge in [-0.2, -0.15) is 0 Å². The number of rotatable bonds is 2. The van der Waals surface area contributed by atoms with Crippen molar-refractivity contribution in [3.8, 4) is 0 Å². The van der Waals surface area contributed by atoms with Crippen LogP contribution >= 0.6 is 23.2 Å². The first-order valence-corrected chi connectivity index (χ1v) is 6.39. The van der Waals surface area contributed by atoms with E-state index in [1.807, 2.05) is 0 Å². The van der Waals surface area contributed by atoms with Crippen LogP contribution in [0.4, 0.5) is 0 Å². The third kappa shape index (κ3) is 2.90. The van der Waals surface area contributed by atoms with Gasteiger partial charge in [0.1, 0.15) is 5.15 Å². The molecule has 0 aromatic carbocycles. The Morgan fingerprint density at radius 1 is 1.41 bits per heavy atom. The van der Waals surface area contributed by atoms with Crippen LogP contribution in [0, 0.1) is 0 Å². The molecule has 0 spiro atoms. The number of carbonyl (C=O) groups is 1. The molecule has 1 saturated carbocycles. The Hall–Kier alpha value is -0.800. The van der Waals surface area contributed by atoms with Gasteiger partial charge in [-0.15, -0.1) is 0 Å². The molecule has 1 aromatic heterocycles. The number of aromatic nitrogens is 1. The summed E-state index contributed by atoms with van der Waals surface area (Å²) in [5.41, 5.74) is 0.357. The largest absolute Gasteiger partial charge is 0.347 e. The molecule has 1 amide bonds. The number of pyridine rings is 1. The van der Waals surface area contributed by atoms with Crippen LogP contribution in [-0.4, -0.2) is 16.4 Å². The van der Waals surface area contributed by atoms with Crippen molar-refractivity contribution in [2.75, 3.05) is 0 Å². The van der Waals surface area contributed by atoms with E-state index in [-0.39, 0.29) is 16.6 Å². The fourth-order valence-electron chi connectivity index (χ4n) is 2.17. The van der Waals surface area contributed by atoms with Gasteiger partial charge in [-0.3, -0.25) is 4.79 Å². The molecule has 2 rings (SSSR count). The van der Waals surface area contributed by atoms with Crippen molar-refractivity contribution in [2.45, 2.75) is 38.1 Å². The highest BCUT2D eigenvalue weighted by molar-refractivity contribution is 6.41. The van der Waals surface area contributed by atoms with Gasteiger partial charge in [-0.25, -0.2) is 4.98 Å². The van der Waals surface area contributed by atoms with Crippen LogP contribution in [0.15, 0.2) is 12.3 Å². The molecule has 1 heterocycles. The lowest BCUT2D eigenvalue weighted by molar-refractivity contribution is 0.0907. The number of carbonyl (C=O) groups excluding carboxylic acids is 1. The van der Waals surface area contributed by atoms with E-state index in [1.54, 1.807) is 6.07 Å². The zero-order chi connectivity index (χ0) is 12.5. The van der Waals surface area contributed by atoms with Crippen molar-refractivity contribution in [1.82, 2.24) is 10.3 Å². The van der Waals surface area contributed by atoms with Gasteiger partial charge in [-0.1, -0.05) is 36.0 Å². The maximum absolute atomic E-state index is 12.0. The van der Waals surface area contributed by atoms with Crippen LogP contribution in [0.5, 0.6) is 0 Å². The molecule has 0 atom stereocenters. The SMILES string of the molecule is CC1(NC(=O)c2cnc(Cl)c(Cl)c2)CCCC1. The Morgan fingerprint density at radius 3 is 2.65 bits per heavy atom. The van der Waals surface area contributed by atoms with Crippen LogP contribution in [0.2, 0.25) is 10.2 Å². The minimum Gasteiger partial charge on any atom is -0.347 e. The zero-order valence-corrected chi connectivity index (χ0v) is 11.1. The standard InChI is InChI=1S/C12H14Cl2N2O/c1-12(4-2-3-5-12)16-11(17)8-6-9(13)10(14)15-7-8/h6-7H,2-5H2,1H3,(H,16,17). The van der Waals surface area contributed by atoms with Crippen molar-refractivity contribution in [3.63, 3.8) is 0 Å². The van der Waals surface area contributed by atoms with Crippen LogP contribution < -0.4 is 5.32 Å².